The molecule has 2 aromatic rings. The molecule has 0 amide bonds. The topological polar surface area (TPSA) is 70.6 Å². The molecular formula is C21H30IN3O2S. The fraction of sp³-hybridized carbons (Fsp3) is 0.381. The highest BCUT2D eigenvalue weighted by atomic mass is 127. The molecule has 7 heteroatoms. The Labute approximate surface area is 186 Å². The quantitative estimate of drug-likeness (QED) is 0.351. The predicted octanol–water partition coefficient (Wildman–Crippen LogP) is 3.54. The molecule has 0 atom stereocenters. The Bertz CT molecular complexity index is 941. The highest BCUT2D eigenvalue weighted by molar-refractivity contribution is 14.0. The molecule has 0 spiro atoms. The minimum absolute atomic E-state index is 0. The van der Waals surface area contributed by atoms with Crippen LogP contribution in [0.15, 0.2) is 46.3 Å². The summed E-state index contributed by atoms with van der Waals surface area (Å²) < 4.78 is 23.4. The number of nitrogens with one attached hydrogen (secondary N) is 2. The predicted molar refractivity (Wildman–Crippen MR) is 128 cm³/mol. The summed E-state index contributed by atoms with van der Waals surface area (Å²) >= 11 is 0. The Hall–Kier alpha value is -1.61. The normalized spacial score (nSPS) is 11.7. The van der Waals surface area contributed by atoms with E-state index < -0.39 is 9.84 Å². The molecule has 2 rings (SSSR count). The Kier molecular flexibility index (Phi) is 9.43. The first-order valence-corrected chi connectivity index (χ1v) is 10.9. The second-order valence-corrected chi connectivity index (χ2v) is 8.89. The summed E-state index contributed by atoms with van der Waals surface area (Å²) in [6, 6.07) is 11.9. The standard InChI is InChI=1S/C21H29N3O2S.HI/c1-15-6-8-19(16(2)12-15)10-11-23-21(22-4)24-14-18-7-9-20(17(3)13-18)27(5,25)26;/h6-9,12-13H,10-11,14H2,1-5H3,(H2,22,23,24);1H. The Morgan fingerprint density at radius 1 is 1.00 bits per heavy atom. The molecule has 2 aromatic carbocycles. The van der Waals surface area contributed by atoms with Gasteiger partial charge in [0, 0.05) is 26.4 Å². The first-order chi connectivity index (χ1) is 12.7. The second-order valence-electron chi connectivity index (χ2n) is 6.90. The zero-order chi connectivity index (χ0) is 20.0. The van der Waals surface area contributed by atoms with Gasteiger partial charge in [0.15, 0.2) is 15.8 Å². The van der Waals surface area contributed by atoms with E-state index in [9.17, 15) is 8.42 Å². The maximum absolute atomic E-state index is 11.7. The van der Waals surface area contributed by atoms with Crippen molar-refractivity contribution in [3.8, 4) is 0 Å². The smallest absolute Gasteiger partial charge is 0.191 e. The van der Waals surface area contributed by atoms with Gasteiger partial charge in [-0.3, -0.25) is 4.99 Å². The molecular weight excluding hydrogens is 485 g/mol. The van der Waals surface area contributed by atoms with E-state index in [0.29, 0.717) is 11.4 Å². The molecule has 28 heavy (non-hydrogen) atoms. The molecule has 0 bridgehead atoms. The number of aryl methyl sites for hydroxylation is 3. The summed E-state index contributed by atoms with van der Waals surface area (Å²) in [7, 11) is -1.45. The van der Waals surface area contributed by atoms with Crippen LogP contribution in [0.25, 0.3) is 0 Å². The van der Waals surface area contributed by atoms with Gasteiger partial charge in [-0.25, -0.2) is 8.42 Å². The lowest BCUT2D eigenvalue weighted by atomic mass is 10.0. The minimum atomic E-state index is -3.19. The van der Waals surface area contributed by atoms with Crippen molar-refractivity contribution in [1.82, 2.24) is 10.6 Å². The van der Waals surface area contributed by atoms with E-state index >= 15 is 0 Å². The number of halogens is 1. The fourth-order valence-electron chi connectivity index (χ4n) is 3.09. The van der Waals surface area contributed by atoms with Crippen LogP contribution in [-0.4, -0.2) is 34.2 Å². The van der Waals surface area contributed by atoms with Gasteiger partial charge in [-0.05, 0) is 55.5 Å². The number of guanidine groups is 1. The van der Waals surface area contributed by atoms with Crippen molar-refractivity contribution in [3.05, 3.63) is 64.2 Å². The van der Waals surface area contributed by atoms with Crippen molar-refractivity contribution in [2.45, 2.75) is 38.6 Å². The van der Waals surface area contributed by atoms with Gasteiger partial charge in [-0.15, -0.1) is 24.0 Å². The zero-order valence-electron chi connectivity index (χ0n) is 17.2. The summed E-state index contributed by atoms with van der Waals surface area (Å²) in [6.45, 7) is 7.42. The molecule has 0 aliphatic carbocycles. The molecule has 0 heterocycles. The summed E-state index contributed by atoms with van der Waals surface area (Å²) in [4.78, 5) is 4.63. The highest BCUT2D eigenvalue weighted by Crippen LogP contribution is 2.16. The lowest BCUT2D eigenvalue weighted by molar-refractivity contribution is 0.601. The van der Waals surface area contributed by atoms with Crippen LogP contribution >= 0.6 is 24.0 Å². The van der Waals surface area contributed by atoms with Crippen LogP contribution in [0.1, 0.15) is 27.8 Å². The van der Waals surface area contributed by atoms with Crippen molar-refractivity contribution in [3.63, 3.8) is 0 Å². The van der Waals surface area contributed by atoms with Crippen LogP contribution in [0, 0.1) is 20.8 Å². The first-order valence-electron chi connectivity index (χ1n) is 9.01. The van der Waals surface area contributed by atoms with E-state index in [1.165, 1.54) is 22.9 Å². The van der Waals surface area contributed by atoms with Crippen molar-refractivity contribution in [2.75, 3.05) is 19.8 Å². The molecule has 154 valence electrons. The van der Waals surface area contributed by atoms with Crippen LogP contribution in [0.4, 0.5) is 0 Å². The first kappa shape index (κ1) is 24.4. The number of rotatable bonds is 6. The molecule has 0 unspecified atom stereocenters. The van der Waals surface area contributed by atoms with Crippen molar-refractivity contribution in [1.29, 1.82) is 0 Å². The van der Waals surface area contributed by atoms with E-state index in [4.69, 9.17) is 0 Å². The third-order valence-electron chi connectivity index (χ3n) is 4.51. The summed E-state index contributed by atoms with van der Waals surface area (Å²) in [6.07, 6.45) is 2.16. The monoisotopic (exact) mass is 515 g/mol. The second kappa shape index (κ2) is 10.8. The number of hydrogen-bond donors (Lipinski definition) is 2. The van der Waals surface area contributed by atoms with Gasteiger partial charge in [0.05, 0.1) is 4.90 Å². The van der Waals surface area contributed by atoms with Crippen LogP contribution in [0.5, 0.6) is 0 Å². The van der Waals surface area contributed by atoms with Gasteiger partial charge in [-0.1, -0.05) is 35.9 Å². The Morgan fingerprint density at radius 3 is 2.29 bits per heavy atom. The van der Waals surface area contributed by atoms with Crippen LogP contribution in [0.3, 0.4) is 0 Å². The molecule has 0 saturated carbocycles. The van der Waals surface area contributed by atoms with Gasteiger partial charge in [0.25, 0.3) is 0 Å². The molecule has 0 fully saturated rings. The van der Waals surface area contributed by atoms with Gasteiger partial charge in [0.2, 0.25) is 0 Å². The Morgan fingerprint density at radius 2 is 1.71 bits per heavy atom. The van der Waals surface area contributed by atoms with Crippen molar-refractivity contribution in [2.24, 2.45) is 4.99 Å². The van der Waals surface area contributed by atoms with Gasteiger partial charge in [0.1, 0.15) is 0 Å². The number of benzene rings is 2. The molecule has 5 nitrogen and oxygen atoms in total. The van der Waals surface area contributed by atoms with Gasteiger partial charge in [-0.2, -0.15) is 0 Å². The lowest BCUT2D eigenvalue weighted by Gasteiger charge is -2.14. The summed E-state index contributed by atoms with van der Waals surface area (Å²) in [5, 5.41) is 6.59. The molecule has 0 aromatic heterocycles. The summed E-state index contributed by atoms with van der Waals surface area (Å²) in [5.74, 6) is 0.726. The van der Waals surface area contributed by atoms with Crippen molar-refractivity contribution >= 4 is 39.8 Å². The van der Waals surface area contributed by atoms with E-state index in [1.807, 2.05) is 19.1 Å². The third-order valence-corrected chi connectivity index (χ3v) is 5.76. The number of aliphatic imine (C=N–C) groups is 1. The zero-order valence-corrected chi connectivity index (χ0v) is 20.3. The van der Waals surface area contributed by atoms with Crippen LogP contribution in [-0.2, 0) is 22.8 Å². The van der Waals surface area contributed by atoms with Crippen molar-refractivity contribution < 1.29 is 8.42 Å². The van der Waals surface area contributed by atoms with Crippen LogP contribution in [0.2, 0.25) is 0 Å². The van der Waals surface area contributed by atoms with E-state index in [0.717, 1.165) is 30.1 Å². The maximum Gasteiger partial charge on any atom is 0.191 e. The van der Waals surface area contributed by atoms with E-state index in [1.54, 1.807) is 13.1 Å². The van der Waals surface area contributed by atoms with E-state index in [2.05, 4.69) is 47.7 Å². The molecule has 2 N–H and O–H groups in total. The average Bonchev–Trinajstić information content (AvgIpc) is 2.58. The van der Waals surface area contributed by atoms with Gasteiger partial charge < -0.3 is 10.6 Å². The molecule has 0 aliphatic heterocycles. The maximum atomic E-state index is 11.7. The summed E-state index contributed by atoms with van der Waals surface area (Å²) in [5.41, 5.74) is 5.68. The average molecular weight is 515 g/mol. The minimum Gasteiger partial charge on any atom is -0.356 e. The number of sulfone groups is 1. The fourth-order valence-corrected chi connectivity index (χ4v) is 4.04. The number of nitrogens with zero attached hydrogens (tertiary/aromatic N) is 1. The molecule has 0 aliphatic rings. The SMILES string of the molecule is CN=C(NCCc1ccc(C)cc1C)NCc1ccc(S(C)(=O)=O)c(C)c1.I. The Balaban J connectivity index is 0.00000392. The lowest BCUT2D eigenvalue weighted by Crippen LogP contribution is -2.37. The molecule has 0 saturated heterocycles. The molecule has 0 radical (unpaired) electrons. The van der Waals surface area contributed by atoms with Gasteiger partial charge >= 0.3 is 0 Å². The third kappa shape index (κ3) is 7.09. The van der Waals surface area contributed by atoms with E-state index in [-0.39, 0.29) is 24.0 Å². The number of hydrogen-bond acceptors (Lipinski definition) is 3. The highest BCUT2D eigenvalue weighted by Gasteiger charge is 2.11. The van der Waals surface area contributed by atoms with Crippen LogP contribution < -0.4 is 10.6 Å². The largest absolute Gasteiger partial charge is 0.356 e.